The summed E-state index contributed by atoms with van der Waals surface area (Å²) in [6.07, 6.45) is 6.83. The normalized spacial score (nSPS) is 20.8. The van der Waals surface area contributed by atoms with E-state index in [0.29, 0.717) is 6.04 Å². The predicted molar refractivity (Wildman–Crippen MR) is 134 cm³/mol. The molecule has 0 amide bonds. The van der Waals surface area contributed by atoms with Gasteiger partial charge in [0.1, 0.15) is 0 Å². The first-order valence-corrected chi connectivity index (χ1v) is 11.2. The molecule has 1 aliphatic heterocycles. The first-order valence-electron chi connectivity index (χ1n) is 11.2. The van der Waals surface area contributed by atoms with Gasteiger partial charge in [-0.15, -0.1) is 24.0 Å². The van der Waals surface area contributed by atoms with Gasteiger partial charge in [0, 0.05) is 45.3 Å². The van der Waals surface area contributed by atoms with E-state index < -0.39 is 0 Å². The Balaban J connectivity index is 0.00000300. The van der Waals surface area contributed by atoms with Crippen LogP contribution in [0, 0.1) is 0 Å². The summed E-state index contributed by atoms with van der Waals surface area (Å²) in [5, 5.41) is 7.16. The molecule has 3 rings (SSSR count). The molecule has 2 fully saturated rings. The number of halogens is 1. The van der Waals surface area contributed by atoms with E-state index in [0.717, 1.165) is 44.7 Å². The van der Waals surface area contributed by atoms with Gasteiger partial charge in [-0.3, -0.25) is 14.8 Å². The van der Waals surface area contributed by atoms with Crippen molar-refractivity contribution in [3.63, 3.8) is 0 Å². The summed E-state index contributed by atoms with van der Waals surface area (Å²) in [4.78, 5) is 9.59. The van der Waals surface area contributed by atoms with Crippen molar-refractivity contribution in [1.82, 2.24) is 20.4 Å². The number of rotatable bonds is 8. The zero-order valence-corrected chi connectivity index (χ0v) is 20.8. The quantitative estimate of drug-likeness (QED) is 0.315. The number of likely N-dealkylation sites (tertiary alicyclic amines) is 1. The van der Waals surface area contributed by atoms with Gasteiger partial charge in [0.05, 0.1) is 0 Å². The second kappa shape index (κ2) is 12.7. The summed E-state index contributed by atoms with van der Waals surface area (Å²) in [5.41, 5.74) is 2.69. The first kappa shape index (κ1) is 24.4. The minimum Gasteiger partial charge on any atom is -0.352 e. The van der Waals surface area contributed by atoms with Crippen molar-refractivity contribution in [2.75, 3.05) is 33.2 Å². The summed E-state index contributed by atoms with van der Waals surface area (Å²) in [5.74, 6) is 0.924. The number of nitrogens with one attached hydrogen (secondary N) is 2. The monoisotopic (exact) mass is 513 g/mol. The van der Waals surface area contributed by atoms with Gasteiger partial charge in [0.25, 0.3) is 0 Å². The third kappa shape index (κ3) is 7.40. The Labute approximate surface area is 194 Å². The number of aliphatic imine (C=N–C) groups is 1. The minimum atomic E-state index is 0. The van der Waals surface area contributed by atoms with E-state index in [1.807, 2.05) is 7.05 Å². The van der Waals surface area contributed by atoms with Crippen molar-refractivity contribution in [3.8, 4) is 0 Å². The van der Waals surface area contributed by atoms with E-state index in [9.17, 15) is 0 Å². The summed E-state index contributed by atoms with van der Waals surface area (Å²) < 4.78 is 0. The number of hydrogen-bond acceptors (Lipinski definition) is 3. The largest absolute Gasteiger partial charge is 0.352 e. The summed E-state index contributed by atoms with van der Waals surface area (Å²) in [6.45, 7) is 10.8. The average Bonchev–Trinajstić information content (AvgIpc) is 3.41. The fourth-order valence-corrected chi connectivity index (χ4v) is 4.62. The molecule has 5 nitrogen and oxygen atoms in total. The topological polar surface area (TPSA) is 42.9 Å². The molecule has 1 saturated carbocycles. The second-order valence-corrected chi connectivity index (χ2v) is 8.27. The van der Waals surface area contributed by atoms with Crippen LogP contribution in [0.5, 0.6) is 0 Å². The Hall–Kier alpha value is -0.860. The van der Waals surface area contributed by atoms with Gasteiger partial charge in [-0.25, -0.2) is 0 Å². The molecular formula is C23H40IN5. The molecule has 0 bridgehead atoms. The van der Waals surface area contributed by atoms with Gasteiger partial charge in [-0.2, -0.15) is 0 Å². The molecule has 6 heteroatoms. The van der Waals surface area contributed by atoms with Crippen molar-refractivity contribution in [2.24, 2.45) is 4.99 Å². The highest BCUT2D eigenvalue weighted by molar-refractivity contribution is 14.0. The maximum absolute atomic E-state index is 4.45. The Morgan fingerprint density at radius 3 is 2.55 bits per heavy atom. The lowest BCUT2D eigenvalue weighted by molar-refractivity contribution is 0.242. The lowest BCUT2D eigenvalue weighted by Crippen LogP contribution is -2.45. The second-order valence-electron chi connectivity index (χ2n) is 8.27. The van der Waals surface area contributed by atoms with Crippen LogP contribution in [0.15, 0.2) is 29.3 Å². The molecule has 1 aromatic rings. The molecule has 2 N–H and O–H groups in total. The van der Waals surface area contributed by atoms with Crippen LogP contribution in [0.25, 0.3) is 0 Å². The summed E-state index contributed by atoms with van der Waals surface area (Å²) >= 11 is 0. The third-order valence-corrected chi connectivity index (χ3v) is 6.38. The number of benzene rings is 1. The third-order valence-electron chi connectivity index (χ3n) is 6.38. The predicted octanol–water partition coefficient (Wildman–Crippen LogP) is 3.83. The highest BCUT2D eigenvalue weighted by Crippen LogP contribution is 2.26. The maximum atomic E-state index is 4.45. The fourth-order valence-electron chi connectivity index (χ4n) is 4.62. The van der Waals surface area contributed by atoms with Crippen LogP contribution in [-0.4, -0.2) is 61.1 Å². The SMILES string of the molecule is CCN(CC)Cc1cccc(CNC(=NC)NC2CCN(C3CCCC3)C2)c1.I. The standard InChI is InChI=1S/C23H39N5.HI/c1-4-27(5-2)17-20-10-8-9-19(15-20)16-25-23(24-3)26-21-13-14-28(18-21)22-11-6-7-12-22;/h8-10,15,21-22H,4-7,11-14,16-18H2,1-3H3,(H2,24,25,26);1H. The molecular weight excluding hydrogens is 473 g/mol. The number of guanidine groups is 1. The highest BCUT2D eigenvalue weighted by Gasteiger charge is 2.30. The van der Waals surface area contributed by atoms with Crippen LogP contribution in [-0.2, 0) is 13.1 Å². The first-order chi connectivity index (χ1) is 13.7. The molecule has 1 saturated heterocycles. The molecule has 1 unspecified atom stereocenters. The van der Waals surface area contributed by atoms with Crippen LogP contribution in [0.2, 0.25) is 0 Å². The molecule has 0 aromatic heterocycles. The van der Waals surface area contributed by atoms with E-state index in [2.05, 4.69) is 63.5 Å². The molecule has 0 spiro atoms. The Morgan fingerprint density at radius 1 is 1.14 bits per heavy atom. The zero-order chi connectivity index (χ0) is 19.8. The van der Waals surface area contributed by atoms with Gasteiger partial charge < -0.3 is 10.6 Å². The van der Waals surface area contributed by atoms with Crippen LogP contribution in [0.4, 0.5) is 0 Å². The Bertz CT molecular complexity index is 625. The zero-order valence-electron chi connectivity index (χ0n) is 18.5. The number of hydrogen-bond donors (Lipinski definition) is 2. The smallest absolute Gasteiger partial charge is 0.191 e. The van der Waals surface area contributed by atoms with E-state index >= 15 is 0 Å². The maximum Gasteiger partial charge on any atom is 0.191 e. The molecule has 0 radical (unpaired) electrons. The molecule has 1 heterocycles. The van der Waals surface area contributed by atoms with Crippen LogP contribution in [0.1, 0.15) is 57.1 Å². The molecule has 29 heavy (non-hydrogen) atoms. The van der Waals surface area contributed by atoms with E-state index in [-0.39, 0.29) is 24.0 Å². The lowest BCUT2D eigenvalue weighted by Gasteiger charge is -2.24. The van der Waals surface area contributed by atoms with Crippen molar-refractivity contribution in [3.05, 3.63) is 35.4 Å². The van der Waals surface area contributed by atoms with Crippen LogP contribution < -0.4 is 10.6 Å². The van der Waals surface area contributed by atoms with E-state index in [4.69, 9.17) is 0 Å². The van der Waals surface area contributed by atoms with Crippen molar-refractivity contribution >= 4 is 29.9 Å². The van der Waals surface area contributed by atoms with Crippen molar-refractivity contribution in [2.45, 2.75) is 71.1 Å². The van der Waals surface area contributed by atoms with E-state index in [1.54, 1.807) is 0 Å². The van der Waals surface area contributed by atoms with Crippen LogP contribution >= 0.6 is 24.0 Å². The van der Waals surface area contributed by atoms with Gasteiger partial charge in [0.2, 0.25) is 0 Å². The minimum absolute atomic E-state index is 0. The Kier molecular flexibility index (Phi) is 10.7. The fraction of sp³-hybridized carbons (Fsp3) is 0.696. The summed E-state index contributed by atoms with van der Waals surface area (Å²) in [6, 6.07) is 10.3. The molecule has 164 valence electrons. The highest BCUT2D eigenvalue weighted by atomic mass is 127. The van der Waals surface area contributed by atoms with Gasteiger partial charge in [0.15, 0.2) is 5.96 Å². The Morgan fingerprint density at radius 2 is 1.86 bits per heavy atom. The lowest BCUT2D eigenvalue weighted by atomic mass is 10.1. The van der Waals surface area contributed by atoms with Gasteiger partial charge in [-0.05, 0) is 43.5 Å². The molecule has 1 aliphatic carbocycles. The average molecular weight is 514 g/mol. The van der Waals surface area contributed by atoms with Crippen LogP contribution in [0.3, 0.4) is 0 Å². The molecule has 2 aliphatic rings. The molecule has 1 aromatic carbocycles. The van der Waals surface area contributed by atoms with Gasteiger partial charge >= 0.3 is 0 Å². The van der Waals surface area contributed by atoms with E-state index in [1.165, 1.54) is 49.8 Å². The van der Waals surface area contributed by atoms with Gasteiger partial charge in [-0.1, -0.05) is 51.0 Å². The summed E-state index contributed by atoms with van der Waals surface area (Å²) in [7, 11) is 1.87. The van der Waals surface area contributed by atoms with Crippen molar-refractivity contribution < 1.29 is 0 Å². The molecule has 1 atom stereocenters. The van der Waals surface area contributed by atoms with Crippen molar-refractivity contribution in [1.29, 1.82) is 0 Å². The number of nitrogens with zero attached hydrogens (tertiary/aromatic N) is 3.